The lowest BCUT2D eigenvalue weighted by molar-refractivity contribution is 0.248. The maximum Gasteiger partial charge on any atom is 0.328 e. The molecule has 0 unspecified atom stereocenters. The molecule has 2 aromatic rings. The fourth-order valence-corrected chi connectivity index (χ4v) is 2.88. The number of amides is 2. The van der Waals surface area contributed by atoms with E-state index in [0.29, 0.717) is 10.7 Å². The molecule has 0 aliphatic rings. The molecule has 0 saturated heterocycles. The third-order valence-electron chi connectivity index (χ3n) is 2.67. The third kappa shape index (κ3) is 3.66. The highest BCUT2D eigenvalue weighted by Gasteiger charge is 2.21. The predicted molar refractivity (Wildman–Crippen MR) is 83.7 cm³/mol. The van der Waals surface area contributed by atoms with Crippen molar-refractivity contribution in [3.05, 3.63) is 47.7 Å². The van der Waals surface area contributed by atoms with Crippen LogP contribution in [0.15, 0.2) is 47.6 Å². The van der Waals surface area contributed by atoms with Crippen molar-refractivity contribution in [1.29, 1.82) is 0 Å². The van der Waals surface area contributed by atoms with Gasteiger partial charge in [0.05, 0.1) is 16.4 Å². The first kappa shape index (κ1) is 16.1. The van der Waals surface area contributed by atoms with Gasteiger partial charge in [-0.3, -0.25) is 4.98 Å². The summed E-state index contributed by atoms with van der Waals surface area (Å²) in [6, 6.07) is 7.51. The molecule has 0 radical (unpaired) electrons. The monoisotopic (exact) mass is 340 g/mol. The van der Waals surface area contributed by atoms with Crippen molar-refractivity contribution in [2.75, 3.05) is 12.4 Å². The number of nitrogens with zero attached hydrogens (tertiary/aromatic N) is 1. The number of carbonyl (C=O) groups excluding carboxylic acids is 1. The minimum absolute atomic E-state index is 0.168. The number of pyridine rings is 1. The molecule has 2 rings (SSSR count). The Hall–Kier alpha value is -2.32. The third-order valence-corrected chi connectivity index (χ3v) is 4.36. The van der Waals surface area contributed by atoms with Gasteiger partial charge in [0.2, 0.25) is 0 Å². The van der Waals surface area contributed by atoms with E-state index in [9.17, 15) is 13.2 Å². The molecule has 7 nitrogen and oxygen atoms in total. The molecule has 0 spiro atoms. The Morgan fingerprint density at radius 1 is 1.18 bits per heavy atom. The first-order valence-electron chi connectivity index (χ1n) is 6.14. The van der Waals surface area contributed by atoms with Crippen molar-refractivity contribution in [2.24, 2.45) is 0 Å². The average Bonchev–Trinajstić information content (AvgIpc) is 2.49. The van der Waals surface area contributed by atoms with E-state index in [4.69, 9.17) is 11.6 Å². The lowest BCUT2D eigenvalue weighted by Crippen LogP contribution is -2.37. The van der Waals surface area contributed by atoms with E-state index in [1.54, 1.807) is 24.3 Å². The number of anilines is 2. The molecule has 1 aromatic carbocycles. The summed E-state index contributed by atoms with van der Waals surface area (Å²) in [5.74, 6) is 0. The number of sulfonamides is 1. The van der Waals surface area contributed by atoms with Gasteiger partial charge in [0.1, 0.15) is 4.90 Å². The quantitative estimate of drug-likeness (QED) is 0.791. The summed E-state index contributed by atoms with van der Waals surface area (Å²) in [6.07, 6.45) is 2.57. The molecule has 2 amide bonds. The second kappa shape index (κ2) is 6.63. The van der Waals surface area contributed by atoms with Crippen LogP contribution in [0.2, 0.25) is 5.02 Å². The van der Waals surface area contributed by atoms with Crippen LogP contribution in [0.5, 0.6) is 0 Å². The highest BCUT2D eigenvalue weighted by atomic mass is 35.5. The molecule has 0 fully saturated rings. The largest absolute Gasteiger partial charge is 0.353 e. The Morgan fingerprint density at radius 2 is 1.91 bits per heavy atom. The fraction of sp³-hybridized carbons (Fsp3) is 0.0769. The zero-order chi connectivity index (χ0) is 16.2. The molecule has 0 bridgehead atoms. The normalized spacial score (nSPS) is 10.8. The number of hydrogen-bond acceptors (Lipinski definition) is 5. The Bertz CT molecular complexity index is 795. The van der Waals surface area contributed by atoms with Crippen LogP contribution in [0, 0.1) is 0 Å². The second-order valence-corrected chi connectivity index (χ2v) is 6.22. The smallest absolute Gasteiger partial charge is 0.328 e. The van der Waals surface area contributed by atoms with E-state index in [1.807, 2.05) is 4.72 Å². The minimum Gasteiger partial charge on any atom is -0.353 e. The van der Waals surface area contributed by atoms with Crippen LogP contribution in [-0.2, 0) is 10.0 Å². The second-order valence-electron chi connectivity index (χ2n) is 4.16. The van der Waals surface area contributed by atoms with E-state index in [0.717, 1.165) is 6.20 Å². The van der Waals surface area contributed by atoms with Crippen LogP contribution in [0.3, 0.4) is 0 Å². The zero-order valence-electron chi connectivity index (χ0n) is 11.5. The average molecular weight is 341 g/mol. The van der Waals surface area contributed by atoms with Gasteiger partial charge in [0.25, 0.3) is 10.0 Å². The SMILES string of the molecule is CNC(=O)NS(=O)(=O)c1cnccc1Nc1ccccc1Cl. The highest BCUT2D eigenvalue weighted by Crippen LogP contribution is 2.28. The zero-order valence-corrected chi connectivity index (χ0v) is 13.1. The first-order valence-corrected chi connectivity index (χ1v) is 8.00. The van der Waals surface area contributed by atoms with Crippen LogP contribution in [0.1, 0.15) is 0 Å². The Kier molecular flexibility index (Phi) is 4.84. The van der Waals surface area contributed by atoms with Crippen molar-refractivity contribution in [2.45, 2.75) is 4.90 Å². The van der Waals surface area contributed by atoms with Gasteiger partial charge in [-0.2, -0.15) is 0 Å². The maximum absolute atomic E-state index is 12.2. The van der Waals surface area contributed by atoms with Gasteiger partial charge in [-0.25, -0.2) is 17.9 Å². The Balaban J connectivity index is 2.39. The van der Waals surface area contributed by atoms with E-state index < -0.39 is 16.1 Å². The lowest BCUT2D eigenvalue weighted by Gasteiger charge is -2.13. The molecule has 22 heavy (non-hydrogen) atoms. The number of para-hydroxylation sites is 1. The van der Waals surface area contributed by atoms with Crippen LogP contribution in [0.4, 0.5) is 16.2 Å². The predicted octanol–water partition coefficient (Wildman–Crippen LogP) is 2.10. The van der Waals surface area contributed by atoms with E-state index in [1.165, 1.54) is 19.3 Å². The van der Waals surface area contributed by atoms with E-state index in [-0.39, 0.29) is 10.6 Å². The molecule has 0 atom stereocenters. The van der Waals surface area contributed by atoms with Crippen molar-refractivity contribution >= 4 is 39.0 Å². The van der Waals surface area contributed by atoms with Gasteiger partial charge >= 0.3 is 6.03 Å². The van der Waals surface area contributed by atoms with Gasteiger partial charge in [0.15, 0.2) is 0 Å². The standard InChI is InChI=1S/C13H13ClN4O3S/c1-15-13(19)18-22(20,21)12-8-16-7-6-11(12)17-10-5-3-2-4-9(10)14/h2-8H,1H3,(H,16,17)(H2,15,18,19). The summed E-state index contributed by atoms with van der Waals surface area (Å²) in [7, 11) is -2.75. The summed E-state index contributed by atoms with van der Waals surface area (Å²) in [4.78, 5) is 14.9. The van der Waals surface area contributed by atoms with Crippen LogP contribution in [0.25, 0.3) is 0 Å². The summed E-state index contributed by atoms with van der Waals surface area (Å²) in [6.45, 7) is 0. The molecular weight excluding hydrogens is 328 g/mol. The number of urea groups is 1. The number of rotatable bonds is 4. The fourth-order valence-electron chi connectivity index (χ4n) is 1.63. The lowest BCUT2D eigenvalue weighted by atomic mass is 10.3. The summed E-state index contributed by atoms with van der Waals surface area (Å²) in [5.41, 5.74) is 0.784. The molecule has 0 saturated carbocycles. The molecule has 116 valence electrons. The van der Waals surface area contributed by atoms with Crippen LogP contribution >= 0.6 is 11.6 Å². The van der Waals surface area contributed by atoms with Crippen molar-refractivity contribution in [3.63, 3.8) is 0 Å². The van der Waals surface area contributed by atoms with Gasteiger partial charge in [-0.1, -0.05) is 23.7 Å². The molecule has 3 N–H and O–H groups in total. The van der Waals surface area contributed by atoms with Crippen molar-refractivity contribution < 1.29 is 13.2 Å². The Morgan fingerprint density at radius 3 is 2.59 bits per heavy atom. The molecular formula is C13H13ClN4O3S. The number of hydrogen-bond donors (Lipinski definition) is 3. The van der Waals surface area contributed by atoms with Gasteiger partial charge in [-0.15, -0.1) is 0 Å². The number of halogens is 1. The number of aromatic nitrogens is 1. The summed E-state index contributed by atoms with van der Waals surface area (Å²) in [5, 5.41) is 5.53. The topological polar surface area (TPSA) is 100 Å². The Labute approximate surface area is 132 Å². The van der Waals surface area contributed by atoms with Crippen molar-refractivity contribution in [3.8, 4) is 0 Å². The van der Waals surface area contributed by atoms with Gasteiger partial charge in [0, 0.05) is 19.4 Å². The van der Waals surface area contributed by atoms with Crippen LogP contribution < -0.4 is 15.4 Å². The highest BCUT2D eigenvalue weighted by molar-refractivity contribution is 7.90. The van der Waals surface area contributed by atoms with E-state index in [2.05, 4.69) is 15.6 Å². The number of carbonyl (C=O) groups is 1. The van der Waals surface area contributed by atoms with Crippen molar-refractivity contribution in [1.82, 2.24) is 15.0 Å². The maximum atomic E-state index is 12.2. The number of benzene rings is 1. The number of nitrogens with one attached hydrogen (secondary N) is 3. The summed E-state index contributed by atoms with van der Waals surface area (Å²) < 4.78 is 26.3. The minimum atomic E-state index is -4.07. The summed E-state index contributed by atoms with van der Waals surface area (Å²) >= 11 is 6.04. The molecule has 1 aromatic heterocycles. The van der Waals surface area contributed by atoms with Crippen LogP contribution in [-0.4, -0.2) is 26.5 Å². The first-order chi connectivity index (χ1) is 10.4. The molecule has 9 heteroatoms. The molecule has 0 aliphatic carbocycles. The van der Waals surface area contributed by atoms with Gasteiger partial charge < -0.3 is 10.6 Å². The van der Waals surface area contributed by atoms with E-state index >= 15 is 0 Å². The van der Waals surface area contributed by atoms with Gasteiger partial charge in [-0.05, 0) is 18.2 Å². The molecule has 0 aliphatic heterocycles. The molecule has 1 heterocycles.